The van der Waals surface area contributed by atoms with Gasteiger partial charge in [-0.3, -0.25) is 9.59 Å². The lowest BCUT2D eigenvalue weighted by molar-refractivity contribution is -0.128. The summed E-state index contributed by atoms with van der Waals surface area (Å²) in [7, 11) is 0. The van der Waals surface area contributed by atoms with Crippen LogP contribution in [-0.2, 0) is 11.3 Å². The SMILES string of the molecule is CC(CN)CNC(=O)c1ccc(CN2CCCC2=O)cc1. The molecule has 1 aromatic carbocycles. The van der Waals surface area contributed by atoms with E-state index in [2.05, 4.69) is 5.32 Å². The Kier molecular flexibility index (Phi) is 5.33. The fraction of sp³-hybridized carbons (Fsp3) is 0.500. The maximum absolute atomic E-state index is 12.0. The van der Waals surface area contributed by atoms with Crippen LogP contribution in [0.15, 0.2) is 24.3 Å². The Bertz CT molecular complexity index is 499. The zero-order valence-corrected chi connectivity index (χ0v) is 12.5. The Morgan fingerprint density at radius 2 is 2.10 bits per heavy atom. The summed E-state index contributed by atoms with van der Waals surface area (Å²) in [6.07, 6.45) is 1.60. The molecular weight excluding hydrogens is 266 g/mol. The van der Waals surface area contributed by atoms with Crippen molar-refractivity contribution in [2.45, 2.75) is 26.3 Å². The zero-order valence-electron chi connectivity index (χ0n) is 12.5. The van der Waals surface area contributed by atoms with Crippen molar-refractivity contribution in [3.8, 4) is 0 Å². The van der Waals surface area contributed by atoms with Crippen molar-refractivity contribution in [1.82, 2.24) is 10.2 Å². The number of hydrogen-bond donors (Lipinski definition) is 2. The number of nitrogens with two attached hydrogens (primary N) is 1. The molecule has 1 heterocycles. The van der Waals surface area contributed by atoms with Gasteiger partial charge in [-0.2, -0.15) is 0 Å². The van der Waals surface area contributed by atoms with Gasteiger partial charge in [0.05, 0.1) is 0 Å². The number of carbonyl (C=O) groups is 2. The molecule has 1 aliphatic heterocycles. The van der Waals surface area contributed by atoms with Crippen LogP contribution in [0.5, 0.6) is 0 Å². The zero-order chi connectivity index (χ0) is 15.2. The average molecular weight is 289 g/mol. The summed E-state index contributed by atoms with van der Waals surface area (Å²) in [6, 6.07) is 7.43. The molecule has 1 saturated heterocycles. The quantitative estimate of drug-likeness (QED) is 0.824. The lowest BCUT2D eigenvalue weighted by Crippen LogP contribution is -2.31. The van der Waals surface area contributed by atoms with Gasteiger partial charge in [-0.25, -0.2) is 0 Å². The molecule has 3 N–H and O–H groups in total. The summed E-state index contributed by atoms with van der Waals surface area (Å²) in [5.41, 5.74) is 7.21. The van der Waals surface area contributed by atoms with Crippen molar-refractivity contribution in [3.63, 3.8) is 0 Å². The van der Waals surface area contributed by atoms with Crippen LogP contribution in [0.4, 0.5) is 0 Å². The molecule has 1 unspecified atom stereocenters. The van der Waals surface area contributed by atoms with Gasteiger partial charge in [0.2, 0.25) is 5.91 Å². The largest absolute Gasteiger partial charge is 0.352 e. The maximum atomic E-state index is 12.0. The van der Waals surface area contributed by atoms with Gasteiger partial charge in [-0.15, -0.1) is 0 Å². The van der Waals surface area contributed by atoms with Crippen LogP contribution in [0.1, 0.15) is 35.7 Å². The molecule has 0 saturated carbocycles. The number of hydrogen-bond acceptors (Lipinski definition) is 3. The molecule has 5 heteroatoms. The van der Waals surface area contributed by atoms with Gasteiger partial charge < -0.3 is 16.0 Å². The number of likely N-dealkylation sites (tertiary alicyclic amines) is 1. The molecule has 0 radical (unpaired) electrons. The highest BCUT2D eigenvalue weighted by Crippen LogP contribution is 2.14. The van der Waals surface area contributed by atoms with E-state index in [0.717, 1.165) is 18.5 Å². The number of carbonyl (C=O) groups excluding carboxylic acids is 2. The van der Waals surface area contributed by atoms with E-state index in [1.54, 1.807) is 12.1 Å². The Morgan fingerprint density at radius 3 is 2.67 bits per heavy atom. The second-order valence-corrected chi connectivity index (χ2v) is 5.67. The van der Waals surface area contributed by atoms with Crippen molar-refractivity contribution >= 4 is 11.8 Å². The third-order valence-electron chi connectivity index (χ3n) is 3.77. The minimum absolute atomic E-state index is 0.0842. The van der Waals surface area contributed by atoms with Crippen molar-refractivity contribution < 1.29 is 9.59 Å². The first kappa shape index (κ1) is 15.5. The molecule has 1 fully saturated rings. The standard InChI is InChI=1S/C16H23N3O2/c1-12(9-17)10-18-16(21)14-6-4-13(5-7-14)11-19-8-2-3-15(19)20/h4-7,12H,2-3,8-11,17H2,1H3,(H,18,21). The topological polar surface area (TPSA) is 75.4 Å². The van der Waals surface area contributed by atoms with Gasteiger partial charge in [0, 0.05) is 31.6 Å². The van der Waals surface area contributed by atoms with Crippen LogP contribution < -0.4 is 11.1 Å². The number of nitrogens with zero attached hydrogens (tertiary/aromatic N) is 1. The van der Waals surface area contributed by atoms with Gasteiger partial charge in [-0.1, -0.05) is 19.1 Å². The Labute approximate surface area is 125 Å². The van der Waals surface area contributed by atoms with Crippen molar-refractivity contribution in [2.75, 3.05) is 19.6 Å². The fourth-order valence-corrected chi connectivity index (χ4v) is 2.31. The van der Waals surface area contributed by atoms with Crippen molar-refractivity contribution in [2.24, 2.45) is 11.7 Å². The molecule has 5 nitrogen and oxygen atoms in total. The summed E-state index contributed by atoms with van der Waals surface area (Å²) in [4.78, 5) is 25.4. The molecule has 21 heavy (non-hydrogen) atoms. The second-order valence-electron chi connectivity index (χ2n) is 5.67. The van der Waals surface area contributed by atoms with Crippen LogP contribution >= 0.6 is 0 Å². The lowest BCUT2D eigenvalue weighted by atomic mass is 10.1. The number of rotatable bonds is 6. The van der Waals surface area contributed by atoms with Gasteiger partial charge in [0.15, 0.2) is 0 Å². The predicted molar refractivity (Wildman–Crippen MR) is 81.6 cm³/mol. The van der Waals surface area contributed by atoms with E-state index >= 15 is 0 Å². The summed E-state index contributed by atoms with van der Waals surface area (Å²) in [5.74, 6) is 0.404. The Balaban J connectivity index is 1.89. The van der Waals surface area contributed by atoms with Crippen LogP contribution in [0.25, 0.3) is 0 Å². The van der Waals surface area contributed by atoms with Gasteiger partial charge in [0.25, 0.3) is 5.91 Å². The molecule has 1 aromatic rings. The molecule has 2 rings (SSSR count). The second kappa shape index (κ2) is 7.22. The summed E-state index contributed by atoms with van der Waals surface area (Å²) >= 11 is 0. The normalized spacial score (nSPS) is 16.1. The predicted octanol–water partition coefficient (Wildman–Crippen LogP) is 1.13. The number of benzene rings is 1. The first-order chi connectivity index (χ1) is 10.1. The molecule has 0 bridgehead atoms. The smallest absolute Gasteiger partial charge is 0.251 e. The summed E-state index contributed by atoms with van der Waals surface area (Å²) in [6.45, 7) is 4.60. The van der Waals surface area contributed by atoms with E-state index in [1.165, 1.54) is 0 Å². The van der Waals surface area contributed by atoms with E-state index < -0.39 is 0 Å². The Hall–Kier alpha value is -1.88. The van der Waals surface area contributed by atoms with E-state index in [4.69, 9.17) is 5.73 Å². The molecule has 1 atom stereocenters. The molecule has 0 spiro atoms. The Morgan fingerprint density at radius 1 is 1.38 bits per heavy atom. The molecule has 2 amide bonds. The average Bonchev–Trinajstić information content (AvgIpc) is 2.90. The minimum Gasteiger partial charge on any atom is -0.352 e. The monoisotopic (exact) mass is 289 g/mol. The van der Waals surface area contributed by atoms with Gasteiger partial charge in [-0.05, 0) is 36.6 Å². The molecular formula is C16H23N3O2. The van der Waals surface area contributed by atoms with Crippen molar-refractivity contribution in [1.29, 1.82) is 0 Å². The highest BCUT2D eigenvalue weighted by molar-refractivity contribution is 5.94. The molecule has 0 aliphatic carbocycles. The van der Waals surface area contributed by atoms with Crippen LogP contribution in [0, 0.1) is 5.92 Å². The molecule has 1 aliphatic rings. The van der Waals surface area contributed by atoms with E-state index in [1.807, 2.05) is 24.0 Å². The minimum atomic E-state index is -0.0842. The van der Waals surface area contributed by atoms with Crippen LogP contribution in [0.2, 0.25) is 0 Å². The maximum Gasteiger partial charge on any atom is 0.251 e. The number of amides is 2. The fourth-order valence-electron chi connectivity index (χ4n) is 2.31. The highest BCUT2D eigenvalue weighted by atomic mass is 16.2. The third kappa shape index (κ3) is 4.29. The van der Waals surface area contributed by atoms with Gasteiger partial charge in [0.1, 0.15) is 0 Å². The number of nitrogens with one attached hydrogen (secondary N) is 1. The molecule has 0 aromatic heterocycles. The first-order valence-electron chi connectivity index (χ1n) is 7.45. The highest BCUT2D eigenvalue weighted by Gasteiger charge is 2.19. The van der Waals surface area contributed by atoms with E-state index in [0.29, 0.717) is 31.6 Å². The van der Waals surface area contributed by atoms with Gasteiger partial charge >= 0.3 is 0 Å². The third-order valence-corrected chi connectivity index (χ3v) is 3.77. The molecule has 114 valence electrons. The van der Waals surface area contributed by atoms with E-state index in [9.17, 15) is 9.59 Å². The van der Waals surface area contributed by atoms with Crippen LogP contribution in [-0.4, -0.2) is 36.3 Å². The van der Waals surface area contributed by atoms with Crippen LogP contribution in [0.3, 0.4) is 0 Å². The summed E-state index contributed by atoms with van der Waals surface area (Å²) in [5, 5.41) is 2.87. The first-order valence-corrected chi connectivity index (χ1v) is 7.45. The lowest BCUT2D eigenvalue weighted by Gasteiger charge is -2.15. The summed E-state index contributed by atoms with van der Waals surface area (Å²) < 4.78 is 0. The van der Waals surface area contributed by atoms with E-state index in [-0.39, 0.29) is 17.7 Å². The van der Waals surface area contributed by atoms with Crippen molar-refractivity contribution in [3.05, 3.63) is 35.4 Å².